The fourth-order valence-corrected chi connectivity index (χ4v) is 2.73. The van der Waals surface area contributed by atoms with Gasteiger partial charge in [-0.2, -0.15) is 0 Å². The van der Waals surface area contributed by atoms with Crippen molar-refractivity contribution in [3.05, 3.63) is 23.4 Å². The average Bonchev–Trinajstić information content (AvgIpc) is 2.47. The number of pyridine rings is 1. The molecular weight excluding hydrogens is 254 g/mol. The maximum absolute atomic E-state index is 11.6. The van der Waals surface area contributed by atoms with E-state index in [0.29, 0.717) is 29.8 Å². The standard InChI is InChI=1S/C15H23N3O2/c1-10-4-5-12(8-16)9-18(10)14-7-6-13(11(2)17-14)15(19)20-3/h6-7,10,12H,4-5,8-9,16H2,1-3H3. The van der Waals surface area contributed by atoms with Gasteiger partial charge >= 0.3 is 5.97 Å². The monoisotopic (exact) mass is 277 g/mol. The van der Waals surface area contributed by atoms with Gasteiger partial charge in [-0.05, 0) is 51.3 Å². The van der Waals surface area contributed by atoms with Gasteiger partial charge in [-0.3, -0.25) is 0 Å². The third-order valence-electron chi connectivity index (χ3n) is 4.08. The lowest BCUT2D eigenvalue weighted by Gasteiger charge is -2.38. The van der Waals surface area contributed by atoms with Crippen molar-refractivity contribution in [2.24, 2.45) is 11.7 Å². The number of aryl methyl sites for hydroxylation is 1. The van der Waals surface area contributed by atoms with Crippen molar-refractivity contribution in [2.45, 2.75) is 32.7 Å². The van der Waals surface area contributed by atoms with Gasteiger partial charge in [0.05, 0.1) is 18.4 Å². The summed E-state index contributed by atoms with van der Waals surface area (Å²) in [4.78, 5) is 18.4. The number of methoxy groups -OCH3 is 1. The number of carbonyl (C=O) groups excluding carboxylic acids is 1. The van der Waals surface area contributed by atoms with Crippen LogP contribution in [0, 0.1) is 12.8 Å². The molecule has 2 unspecified atom stereocenters. The van der Waals surface area contributed by atoms with Crippen molar-refractivity contribution in [3.8, 4) is 0 Å². The minimum Gasteiger partial charge on any atom is -0.465 e. The van der Waals surface area contributed by atoms with E-state index in [4.69, 9.17) is 10.5 Å². The molecule has 2 rings (SSSR count). The van der Waals surface area contributed by atoms with E-state index in [0.717, 1.165) is 18.8 Å². The quantitative estimate of drug-likeness (QED) is 0.852. The Morgan fingerprint density at radius 2 is 2.25 bits per heavy atom. The molecule has 0 saturated carbocycles. The van der Waals surface area contributed by atoms with Crippen LogP contribution in [0.15, 0.2) is 12.1 Å². The predicted molar refractivity (Wildman–Crippen MR) is 78.9 cm³/mol. The molecule has 0 amide bonds. The maximum atomic E-state index is 11.6. The van der Waals surface area contributed by atoms with E-state index in [2.05, 4.69) is 16.8 Å². The number of esters is 1. The second kappa shape index (κ2) is 6.22. The first-order chi connectivity index (χ1) is 9.56. The maximum Gasteiger partial charge on any atom is 0.339 e. The molecule has 1 aromatic heterocycles. The Kier molecular flexibility index (Phi) is 4.60. The molecule has 110 valence electrons. The summed E-state index contributed by atoms with van der Waals surface area (Å²) < 4.78 is 4.75. The van der Waals surface area contributed by atoms with Crippen LogP contribution in [0.1, 0.15) is 35.8 Å². The summed E-state index contributed by atoms with van der Waals surface area (Å²) in [5.41, 5.74) is 7.02. The highest BCUT2D eigenvalue weighted by Crippen LogP contribution is 2.26. The van der Waals surface area contributed by atoms with Crippen molar-refractivity contribution in [2.75, 3.05) is 25.1 Å². The number of anilines is 1. The van der Waals surface area contributed by atoms with Gasteiger partial charge in [0.2, 0.25) is 0 Å². The Hall–Kier alpha value is -1.62. The second-order valence-electron chi connectivity index (χ2n) is 5.47. The molecule has 0 spiro atoms. The topological polar surface area (TPSA) is 68.5 Å². The number of nitrogens with zero attached hydrogens (tertiary/aromatic N) is 2. The smallest absolute Gasteiger partial charge is 0.339 e. The lowest BCUT2D eigenvalue weighted by atomic mass is 9.93. The summed E-state index contributed by atoms with van der Waals surface area (Å²) in [6.45, 7) is 5.69. The van der Waals surface area contributed by atoms with Crippen molar-refractivity contribution in [1.82, 2.24) is 4.98 Å². The minimum atomic E-state index is -0.340. The van der Waals surface area contributed by atoms with Crippen molar-refractivity contribution < 1.29 is 9.53 Å². The van der Waals surface area contributed by atoms with Gasteiger partial charge in [0.1, 0.15) is 5.82 Å². The Morgan fingerprint density at radius 1 is 1.50 bits per heavy atom. The molecular formula is C15H23N3O2. The van der Waals surface area contributed by atoms with E-state index in [1.165, 1.54) is 13.5 Å². The van der Waals surface area contributed by atoms with Crippen LogP contribution in [0.5, 0.6) is 0 Å². The zero-order valence-corrected chi connectivity index (χ0v) is 12.4. The summed E-state index contributed by atoms with van der Waals surface area (Å²) in [5, 5.41) is 0. The van der Waals surface area contributed by atoms with Crippen molar-refractivity contribution in [1.29, 1.82) is 0 Å². The fraction of sp³-hybridized carbons (Fsp3) is 0.600. The SMILES string of the molecule is COC(=O)c1ccc(N2CC(CN)CCC2C)nc1C. The Balaban J connectivity index is 2.24. The van der Waals surface area contributed by atoms with Gasteiger partial charge in [0.25, 0.3) is 0 Å². The Morgan fingerprint density at radius 3 is 2.85 bits per heavy atom. The van der Waals surface area contributed by atoms with Gasteiger partial charge in [-0.25, -0.2) is 9.78 Å². The van der Waals surface area contributed by atoms with Crippen LogP contribution in [0.2, 0.25) is 0 Å². The molecule has 0 aromatic carbocycles. The Labute approximate surface area is 120 Å². The van der Waals surface area contributed by atoms with Crippen molar-refractivity contribution >= 4 is 11.8 Å². The number of hydrogen-bond acceptors (Lipinski definition) is 5. The molecule has 5 nitrogen and oxygen atoms in total. The second-order valence-corrected chi connectivity index (χ2v) is 5.47. The van der Waals surface area contributed by atoms with E-state index in [1.54, 1.807) is 6.07 Å². The fourth-order valence-electron chi connectivity index (χ4n) is 2.73. The zero-order valence-electron chi connectivity index (χ0n) is 12.4. The van der Waals surface area contributed by atoms with Gasteiger partial charge in [0.15, 0.2) is 0 Å². The van der Waals surface area contributed by atoms with E-state index in [1.807, 2.05) is 13.0 Å². The zero-order chi connectivity index (χ0) is 14.7. The third kappa shape index (κ3) is 2.93. The first-order valence-electron chi connectivity index (χ1n) is 7.09. The first-order valence-corrected chi connectivity index (χ1v) is 7.09. The van der Waals surface area contributed by atoms with Gasteiger partial charge < -0.3 is 15.4 Å². The summed E-state index contributed by atoms with van der Waals surface area (Å²) in [6, 6.07) is 4.14. The van der Waals surface area contributed by atoms with Crippen LogP contribution < -0.4 is 10.6 Å². The van der Waals surface area contributed by atoms with Crippen LogP contribution in [0.3, 0.4) is 0 Å². The summed E-state index contributed by atoms with van der Waals surface area (Å²) in [6.07, 6.45) is 2.30. The normalized spacial score (nSPS) is 22.7. The molecule has 2 N–H and O–H groups in total. The van der Waals surface area contributed by atoms with Crippen LogP contribution >= 0.6 is 0 Å². The molecule has 5 heteroatoms. The number of ether oxygens (including phenoxy) is 1. The highest BCUT2D eigenvalue weighted by Gasteiger charge is 2.26. The number of carbonyl (C=O) groups is 1. The van der Waals surface area contributed by atoms with Gasteiger partial charge in [-0.1, -0.05) is 0 Å². The van der Waals surface area contributed by atoms with Crippen molar-refractivity contribution in [3.63, 3.8) is 0 Å². The van der Waals surface area contributed by atoms with E-state index < -0.39 is 0 Å². The van der Waals surface area contributed by atoms with E-state index in [9.17, 15) is 4.79 Å². The number of aromatic nitrogens is 1. The summed E-state index contributed by atoms with van der Waals surface area (Å²) in [5.74, 6) is 1.10. The molecule has 1 aromatic rings. The molecule has 1 saturated heterocycles. The molecule has 0 bridgehead atoms. The molecule has 1 fully saturated rings. The predicted octanol–water partition coefficient (Wildman–Crippen LogP) is 1.74. The first kappa shape index (κ1) is 14.8. The minimum absolute atomic E-state index is 0.340. The molecule has 1 aliphatic rings. The van der Waals surface area contributed by atoms with Crippen LogP contribution in [0.25, 0.3) is 0 Å². The number of nitrogens with two attached hydrogens (primary N) is 1. The number of piperidine rings is 1. The molecule has 2 atom stereocenters. The molecule has 2 heterocycles. The lowest BCUT2D eigenvalue weighted by Crippen LogP contribution is -2.44. The van der Waals surface area contributed by atoms with Crippen LogP contribution in [-0.2, 0) is 4.74 Å². The largest absolute Gasteiger partial charge is 0.465 e. The number of hydrogen-bond donors (Lipinski definition) is 1. The van der Waals surface area contributed by atoms with Crippen LogP contribution in [0.4, 0.5) is 5.82 Å². The summed E-state index contributed by atoms with van der Waals surface area (Å²) >= 11 is 0. The highest BCUT2D eigenvalue weighted by atomic mass is 16.5. The average molecular weight is 277 g/mol. The molecule has 0 aliphatic carbocycles. The van der Waals surface area contributed by atoms with E-state index >= 15 is 0 Å². The highest BCUT2D eigenvalue weighted by molar-refractivity contribution is 5.90. The van der Waals surface area contributed by atoms with Crippen LogP contribution in [-0.4, -0.2) is 37.2 Å². The third-order valence-corrected chi connectivity index (χ3v) is 4.08. The number of rotatable bonds is 3. The van der Waals surface area contributed by atoms with E-state index in [-0.39, 0.29) is 5.97 Å². The Bertz CT molecular complexity index is 490. The lowest BCUT2D eigenvalue weighted by molar-refractivity contribution is 0.0599. The molecule has 1 aliphatic heterocycles. The molecule has 0 radical (unpaired) electrons. The van der Waals surface area contributed by atoms with Gasteiger partial charge in [0, 0.05) is 12.6 Å². The summed E-state index contributed by atoms with van der Waals surface area (Å²) in [7, 11) is 1.38. The van der Waals surface area contributed by atoms with Gasteiger partial charge in [-0.15, -0.1) is 0 Å². The molecule has 20 heavy (non-hydrogen) atoms.